The molecule has 0 amide bonds. The average Bonchev–Trinajstić information content (AvgIpc) is 2.25. The molecule has 1 unspecified atom stereocenters. The molecule has 1 fully saturated rings. The van der Waals surface area contributed by atoms with E-state index in [2.05, 4.69) is 19.2 Å². The molecule has 0 aromatic carbocycles. The number of ether oxygens (including phenoxy) is 1. The van der Waals surface area contributed by atoms with E-state index in [0.29, 0.717) is 6.54 Å². The van der Waals surface area contributed by atoms with Crippen LogP contribution in [0.4, 0.5) is 0 Å². The molecular weight excluding hydrogens is 154 g/mol. The van der Waals surface area contributed by atoms with E-state index in [1.54, 1.807) is 0 Å². The molecule has 1 saturated heterocycles. The van der Waals surface area contributed by atoms with Gasteiger partial charge in [0.1, 0.15) is 0 Å². The van der Waals surface area contributed by atoms with E-state index < -0.39 is 0 Å². The minimum Gasteiger partial charge on any atom is -0.469 e. The molecule has 0 saturated carbocycles. The molecule has 0 radical (unpaired) electrons. The van der Waals surface area contributed by atoms with Crippen LogP contribution in [-0.2, 0) is 9.53 Å². The van der Waals surface area contributed by atoms with Gasteiger partial charge in [-0.05, 0) is 27.2 Å². The summed E-state index contributed by atoms with van der Waals surface area (Å²) in [6.45, 7) is 6.86. The van der Waals surface area contributed by atoms with E-state index in [-0.39, 0.29) is 16.9 Å². The molecule has 0 aromatic rings. The van der Waals surface area contributed by atoms with E-state index in [1.807, 2.05) is 6.92 Å². The second-order valence-electron chi connectivity index (χ2n) is 4.47. The van der Waals surface area contributed by atoms with Gasteiger partial charge < -0.3 is 10.1 Å². The Hall–Kier alpha value is -0.570. The Labute approximate surface area is 73.5 Å². The molecule has 0 spiro atoms. The molecule has 3 heteroatoms. The number of esters is 1. The summed E-state index contributed by atoms with van der Waals surface area (Å²) < 4.78 is 4.75. The number of hydrogen-bond donors (Lipinski definition) is 1. The SMILES string of the molecule is COC(=O)C1(C)CNC(C)(C)C1. The molecule has 1 rings (SSSR count). The lowest BCUT2D eigenvalue weighted by molar-refractivity contribution is -0.150. The smallest absolute Gasteiger partial charge is 0.312 e. The maximum Gasteiger partial charge on any atom is 0.312 e. The molecular formula is C9H17NO2. The zero-order valence-electron chi connectivity index (χ0n) is 8.23. The van der Waals surface area contributed by atoms with E-state index in [0.717, 1.165) is 6.42 Å². The van der Waals surface area contributed by atoms with Crippen LogP contribution in [0.2, 0.25) is 0 Å². The summed E-state index contributed by atoms with van der Waals surface area (Å²) in [5.74, 6) is -0.111. The summed E-state index contributed by atoms with van der Waals surface area (Å²) in [5, 5.41) is 3.30. The van der Waals surface area contributed by atoms with Gasteiger partial charge in [-0.15, -0.1) is 0 Å². The third-order valence-corrected chi connectivity index (χ3v) is 2.47. The van der Waals surface area contributed by atoms with Crippen molar-refractivity contribution in [1.29, 1.82) is 0 Å². The first-order valence-corrected chi connectivity index (χ1v) is 4.23. The fourth-order valence-corrected chi connectivity index (χ4v) is 1.93. The largest absolute Gasteiger partial charge is 0.469 e. The van der Waals surface area contributed by atoms with Crippen LogP contribution in [0, 0.1) is 5.41 Å². The highest BCUT2D eigenvalue weighted by Crippen LogP contribution is 2.34. The van der Waals surface area contributed by atoms with Gasteiger partial charge in [0.2, 0.25) is 0 Å². The Morgan fingerprint density at radius 3 is 2.33 bits per heavy atom. The van der Waals surface area contributed by atoms with Crippen LogP contribution in [-0.4, -0.2) is 25.2 Å². The van der Waals surface area contributed by atoms with Gasteiger partial charge in [0.05, 0.1) is 12.5 Å². The number of carbonyl (C=O) groups excluding carboxylic acids is 1. The van der Waals surface area contributed by atoms with Gasteiger partial charge in [0, 0.05) is 12.1 Å². The van der Waals surface area contributed by atoms with Crippen LogP contribution in [0.5, 0.6) is 0 Å². The van der Waals surface area contributed by atoms with Crippen molar-refractivity contribution in [2.45, 2.75) is 32.7 Å². The summed E-state index contributed by atoms with van der Waals surface area (Å²) in [6.07, 6.45) is 0.840. The van der Waals surface area contributed by atoms with Gasteiger partial charge >= 0.3 is 5.97 Å². The summed E-state index contributed by atoms with van der Waals surface area (Å²) in [4.78, 5) is 11.4. The van der Waals surface area contributed by atoms with Crippen LogP contribution in [0.25, 0.3) is 0 Å². The topological polar surface area (TPSA) is 38.3 Å². The molecule has 1 N–H and O–H groups in total. The zero-order chi connectivity index (χ0) is 9.41. The van der Waals surface area contributed by atoms with Crippen molar-refractivity contribution < 1.29 is 9.53 Å². The van der Waals surface area contributed by atoms with Crippen LogP contribution in [0.1, 0.15) is 27.2 Å². The first-order chi connectivity index (χ1) is 5.40. The lowest BCUT2D eigenvalue weighted by Gasteiger charge is -2.21. The van der Waals surface area contributed by atoms with Gasteiger partial charge in [0.15, 0.2) is 0 Å². The van der Waals surface area contributed by atoms with E-state index in [1.165, 1.54) is 7.11 Å². The van der Waals surface area contributed by atoms with Crippen molar-refractivity contribution >= 4 is 5.97 Å². The molecule has 0 aliphatic carbocycles. The van der Waals surface area contributed by atoms with Gasteiger partial charge in [0.25, 0.3) is 0 Å². The van der Waals surface area contributed by atoms with Crippen molar-refractivity contribution in [3.63, 3.8) is 0 Å². The molecule has 3 nitrogen and oxygen atoms in total. The first kappa shape index (κ1) is 9.52. The van der Waals surface area contributed by atoms with Crippen molar-refractivity contribution in [1.82, 2.24) is 5.32 Å². The van der Waals surface area contributed by atoms with E-state index in [9.17, 15) is 4.79 Å². The second-order valence-corrected chi connectivity index (χ2v) is 4.47. The summed E-state index contributed by atoms with van der Waals surface area (Å²) in [7, 11) is 1.44. The van der Waals surface area contributed by atoms with Crippen LogP contribution < -0.4 is 5.32 Å². The highest BCUT2D eigenvalue weighted by Gasteiger charge is 2.45. The van der Waals surface area contributed by atoms with Gasteiger partial charge in [-0.25, -0.2) is 0 Å². The quantitative estimate of drug-likeness (QED) is 0.597. The number of nitrogens with one attached hydrogen (secondary N) is 1. The average molecular weight is 171 g/mol. The number of rotatable bonds is 1. The molecule has 12 heavy (non-hydrogen) atoms. The van der Waals surface area contributed by atoms with Crippen molar-refractivity contribution in [3.8, 4) is 0 Å². The zero-order valence-corrected chi connectivity index (χ0v) is 8.23. The van der Waals surface area contributed by atoms with Crippen LogP contribution in [0.3, 0.4) is 0 Å². The minimum atomic E-state index is -0.335. The third-order valence-electron chi connectivity index (χ3n) is 2.47. The Morgan fingerprint density at radius 2 is 2.00 bits per heavy atom. The Bertz CT molecular complexity index is 201. The summed E-state index contributed by atoms with van der Waals surface area (Å²) in [5.41, 5.74) is -0.277. The first-order valence-electron chi connectivity index (χ1n) is 4.23. The number of carbonyl (C=O) groups is 1. The Kier molecular flexibility index (Phi) is 2.17. The number of methoxy groups -OCH3 is 1. The van der Waals surface area contributed by atoms with Crippen molar-refractivity contribution in [3.05, 3.63) is 0 Å². The molecule has 1 aliphatic rings. The molecule has 0 bridgehead atoms. The molecule has 1 atom stereocenters. The molecule has 70 valence electrons. The van der Waals surface area contributed by atoms with Crippen LogP contribution >= 0.6 is 0 Å². The molecule has 0 aromatic heterocycles. The standard InChI is InChI=1S/C9H17NO2/c1-8(2)5-9(3,6-10-8)7(11)12-4/h10H,5-6H2,1-4H3. The third kappa shape index (κ3) is 1.61. The van der Waals surface area contributed by atoms with Gasteiger partial charge in [-0.2, -0.15) is 0 Å². The Morgan fingerprint density at radius 1 is 1.42 bits per heavy atom. The molecule has 1 aliphatic heterocycles. The van der Waals surface area contributed by atoms with Gasteiger partial charge in [-0.1, -0.05) is 0 Å². The fourth-order valence-electron chi connectivity index (χ4n) is 1.93. The maximum atomic E-state index is 11.4. The highest BCUT2D eigenvalue weighted by molar-refractivity contribution is 5.77. The van der Waals surface area contributed by atoms with Gasteiger partial charge in [-0.3, -0.25) is 4.79 Å². The van der Waals surface area contributed by atoms with E-state index in [4.69, 9.17) is 4.74 Å². The molecule has 1 heterocycles. The fraction of sp³-hybridized carbons (Fsp3) is 0.889. The lowest BCUT2D eigenvalue weighted by atomic mass is 9.84. The van der Waals surface area contributed by atoms with Crippen molar-refractivity contribution in [2.24, 2.45) is 5.41 Å². The Balaban J connectivity index is 2.71. The van der Waals surface area contributed by atoms with Crippen molar-refractivity contribution in [2.75, 3.05) is 13.7 Å². The highest BCUT2D eigenvalue weighted by atomic mass is 16.5. The predicted octanol–water partition coefficient (Wildman–Crippen LogP) is 0.938. The monoisotopic (exact) mass is 171 g/mol. The normalized spacial score (nSPS) is 33.3. The predicted molar refractivity (Wildman–Crippen MR) is 46.8 cm³/mol. The summed E-state index contributed by atoms with van der Waals surface area (Å²) in [6, 6.07) is 0. The van der Waals surface area contributed by atoms with E-state index >= 15 is 0 Å². The summed E-state index contributed by atoms with van der Waals surface area (Å²) >= 11 is 0. The lowest BCUT2D eigenvalue weighted by Crippen LogP contribution is -2.31. The van der Waals surface area contributed by atoms with Crippen LogP contribution in [0.15, 0.2) is 0 Å². The minimum absolute atomic E-state index is 0.0585. The maximum absolute atomic E-state index is 11.4. The number of hydrogen-bond acceptors (Lipinski definition) is 3. The second kappa shape index (κ2) is 2.73.